The molecule has 2 aromatic rings. The first-order valence-corrected chi connectivity index (χ1v) is 7.32. The summed E-state index contributed by atoms with van der Waals surface area (Å²) in [5, 5.41) is 2.88. The van der Waals surface area contributed by atoms with Crippen molar-refractivity contribution in [2.45, 2.75) is 20.8 Å². The van der Waals surface area contributed by atoms with E-state index in [1.807, 2.05) is 32.0 Å². The molecule has 22 heavy (non-hydrogen) atoms. The number of nitrogens with zero attached hydrogens (tertiary/aromatic N) is 1. The van der Waals surface area contributed by atoms with Crippen LogP contribution in [0, 0.1) is 5.92 Å². The van der Waals surface area contributed by atoms with Gasteiger partial charge in [-0.3, -0.25) is 14.6 Å². The van der Waals surface area contributed by atoms with Crippen LogP contribution in [0.1, 0.15) is 41.5 Å². The number of pyridine rings is 1. The van der Waals surface area contributed by atoms with Gasteiger partial charge in [0.1, 0.15) is 0 Å². The topological polar surface area (TPSA) is 59.1 Å². The highest BCUT2D eigenvalue weighted by Gasteiger charge is 2.08. The number of carbonyl (C=O) groups is 2. The minimum atomic E-state index is -0.122. The van der Waals surface area contributed by atoms with Crippen molar-refractivity contribution in [2.75, 3.05) is 6.54 Å². The zero-order valence-electron chi connectivity index (χ0n) is 13.1. The maximum atomic E-state index is 12.1. The lowest BCUT2D eigenvalue weighted by atomic mass is 10.0. The Morgan fingerprint density at radius 1 is 1.05 bits per heavy atom. The molecule has 0 aliphatic carbocycles. The molecule has 1 aromatic carbocycles. The van der Waals surface area contributed by atoms with Crippen molar-refractivity contribution in [3.05, 3.63) is 53.9 Å². The summed E-state index contributed by atoms with van der Waals surface area (Å²) in [5.74, 6) is 0.314. The van der Waals surface area contributed by atoms with Gasteiger partial charge in [0.2, 0.25) is 0 Å². The van der Waals surface area contributed by atoms with Crippen molar-refractivity contribution in [1.82, 2.24) is 10.3 Å². The first kappa shape index (κ1) is 15.9. The molecule has 0 fully saturated rings. The Labute approximate surface area is 130 Å². The number of carbonyl (C=O) groups excluding carboxylic acids is 2. The first-order valence-electron chi connectivity index (χ1n) is 7.32. The molecule has 1 heterocycles. The lowest BCUT2D eigenvalue weighted by Gasteiger charge is -2.08. The molecular weight excluding hydrogens is 276 g/mol. The van der Waals surface area contributed by atoms with Crippen molar-refractivity contribution in [1.29, 1.82) is 0 Å². The fourth-order valence-corrected chi connectivity index (χ4v) is 2.02. The lowest BCUT2D eigenvalue weighted by molar-refractivity contribution is 0.0947. The van der Waals surface area contributed by atoms with E-state index in [4.69, 9.17) is 0 Å². The van der Waals surface area contributed by atoms with Crippen LogP contribution in [0.25, 0.3) is 11.1 Å². The van der Waals surface area contributed by atoms with Crippen molar-refractivity contribution in [3.8, 4) is 11.1 Å². The van der Waals surface area contributed by atoms with Gasteiger partial charge in [-0.25, -0.2) is 0 Å². The van der Waals surface area contributed by atoms with Gasteiger partial charge >= 0.3 is 0 Å². The Kier molecular flexibility index (Phi) is 5.04. The van der Waals surface area contributed by atoms with Crippen LogP contribution in [-0.4, -0.2) is 23.2 Å². The van der Waals surface area contributed by atoms with Crippen molar-refractivity contribution in [3.63, 3.8) is 0 Å². The van der Waals surface area contributed by atoms with Crippen molar-refractivity contribution < 1.29 is 9.59 Å². The largest absolute Gasteiger partial charge is 0.352 e. The Balaban J connectivity index is 2.20. The van der Waals surface area contributed by atoms with E-state index in [0.29, 0.717) is 23.6 Å². The Morgan fingerprint density at radius 2 is 1.73 bits per heavy atom. The summed E-state index contributed by atoms with van der Waals surface area (Å²) in [6.45, 7) is 6.27. The molecule has 0 saturated carbocycles. The van der Waals surface area contributed by atoms with Gasteiger partial charge in [0.25, 0.3) is 5.91 Å². The molecule has 0 saturated heterocycles. The van der Waals surface area contributed by atoms with Gasteiger partial charge in [-0.2, -0.15) is 0 Å². The highest BCUT2D eigenvalue weighted by atomic mass is 16.1. The summed E-state index contributed by atoms with van der Waals surface area (Å²) in [4.78, 5) is 27.5. The molecule has 114 valence electrons. The highest BCUT2D eigenvalue weighted by Crippen LogP contribution is 2.20. The monoisotopic (exact) mass is 296 g/mol. The average molecular weight is 296 g/mol. The zero-order valence-corrected chi connectivity index (χ0v) is 13.1. The van der Waals surface area contributed by atoms with E-state index in [2.05, 4.69) is 10.3 Å². The quantitative estimate of drug-likeness (QED) is 0.861. The smallest absolute Gasteiger partial charge is 0.252 e. The molecule has 1 N–H and O–H groups in total. The van der Waals surface area contributed by atoms with Crippen molar-refractivity contribution in [2.24, 2.45) is 5.92 Å². The fraction of sp³-hybridized carbons (Fsp3) is 0.278. The van der Waals surface area contributed by atoms with E-state index in [0.717, 1.165) is 11.1 Å². The molecule has 1 amide bonds. The van der Waals surface area contributed by atoms with E-state index < -0.39 is 0 Å². The Bertz CT molecular complexity index is 676. The van der Waals surface area contributed by atoms with Gasteiger partial charge in [-0.1, -0.05) is 38.1 Å². The second-order valence-electron chi connectivity index (χ2n) is 5.70. The first-order chi connectivity index (χ1) is 10.5. The standard InChI is InChI=1S/C18H20N2O2/c1-12(2)9-20-18(22)17-8-16(10-19-11-17)15-6-4-14(5-7-15)13(3)21/h4-8,10-12H,9H2,1-3H3,(H,20,22). The summed E-state index contributed by atoms with van der Waals surface area (Å²) >= 11 is 0. The SMILES string of the molecule is CC(=O)c1ccc(-c2cncc(C(=O)NCC(C)C)c2)cc1. The van der Waals surface area contributed by atoms with Crippen LogP contribution in [-0.2, 0) is 0 Å². The molecule has 0 atom stereocenters. The molecule has 4 heteroatoms. The van der Waals surface area contributed by atoms with Crippen LogP contribution < -0.4 is 5.32 Å². The van der Waals surface area contributed by atoms with Crippen LogP contribution in [0.5, 0.6) is 0 Å². The second-order valence-corrected chi connectivity index (χ2v) is 5.70. The molecule has 0 bridgehead atoms. The minimum absolute atomic E-state index is 0.0338. The molecule has 0 radical (unpaired) electrons. The lowest BCUT2D eigenvalue weighted by Crippen LogP contribution is -2.27. The average Bonchev–Trinajstić information content (AvgIpc) is 2.52. The molecule has 0 spiro atoms. The van der Waals surface area contributed by atoms with Gasteiger partial charge in [0, 0.05) is 30.1 Å². The molecule has 0 aliphatic heterocycles. The van der Waals surface area contributed by atoms with Crippen LogP contribution in [0.2, 0.25) is 0 Å². The predicted molar refractivity (Wildman–Crippen MR) is 86.8 cm³/mol. The van der Waals surface area contributed by atoms with E-state index in [9.17, 15) is 9.59 Å². The summed E-state index contributed by atoms with van der Waals surface area (Å²) in [6.07, 6.45) is 3.27. The van der Waals surface area contributed by atoms with Gasteiger partial charge in [0.05, 0.1) is 5.56 Å². The van der Waals surface area contributed by atoms with Gasteiger partial charge in [0.15, 0.2) is 5.78 Å². The summed E-state index contributed by atoms with van der Waals surface area (Å²) in [5.41, 5.74) is 2.99. The number of aromatic nitrogens is 1. The third kappa shape index (κ3) is 4.01. The van der Waals surface area contributed by atoms with Crippen LogP contribution in [0.4, 0.5) is 0 Å². The van der Waals surface area contributed by atoms with E-state index in [1.54, 1.807) is 24.5 Å². The van der Waals surface area contributed by atoms with Gasteiger partial charge in [-0.05, 0) is 24.5 Å². The minimum Gasteiger partial charge on any atom is -0.352 e. The summed E-state index contributed by atoms with van der Waals surface area (Å²) in [6, 6.07) is 9.10. The third-order valence-corrected chi connectivity index (χ3v) is 3.30. The number of rotatable bonds is 5. The predicted octanol–water partition coefficient (Wildman–Crippen LogP) is 3.34. The zero-order chi connectivity index (χ0) is 16.1. The maximum absolute atomic E-state index is 12.1. The third-order valence-electron chi connectivity index (χ3n) is 3.30. The molecule has 0 aliphatic rings. The van der Waals surface area contributed by atoms with E-state index in [1.165, 1.54) is 6.92 Å². The van der Waals surface area contributed by atoms with Crippen LogP contribution in [0.3, 0.4) is 0 Å². The highest BCUT2D eigenvalue weighted by molar-refractivity contribution is 5.96. The summed E-state index contributed by atoms with van der Waals surface area (Å²) in [7, 11) is 0. The van der Waals surface area contributed by atoms with E-state index >= 15 is 0 Å². The number of hydrogen-bond donors (Lipinski definition) is 1. The van der Waals surface area contributed by atoms with Crippen molar-refractivity contribution >= 4 is 11.7 Å². The number of Topliss-reactive ketones (excluding diaryl/α,β-unsaturated/α-hetero) is 1. The molecule has 1 aromatic heterocycles. The molecule has 2 rings (SSSR count). The Hall–Kier alpha value is -2.49. The molecule has 4 nitrogen and oxygen atoms in total. The molecule has 0 unspecified atom stereocenters. The maximum Gasteiger partial charge on any atom is 0.252 e. The van der Waals surface area contributed by atoms with E-state index in [-0.39, 0.29) is 11.7 Å². The number of nitrogens with one attached hydrogen (secondary N) is 1. The van der Waals surface area contributed by atoms with Gasteiger partial charge < -0.3 is 5.32 Å². The Morgan fingerprint density at radius 3 is 2.32 bits per heavy atom. The number of benzene rings is 1. The summed E-state index contributed by atoms with van der Waals surface area (Å²) < 4.78 is 0. The number of hydrogen-bond acceptors (Lipinski definition) is 3. The van der Waals surface area contributed by atoms with Crippen LogP contribution in [0.15, 0.2) is 42.7 Å². The van der Waals surface area contributed by atoms with Crippen LogP contribution >= 0.6 is 0 Å². The molecular formula is C18H20N2O2. The number of amides is 1. The van der Waals surface area contributed by atoms with Gasteiger partial charge in [-0.15, -0.1) is 0 Å². The second kappa shape index (κ2) is 6.98. The fourth-order valence-electron chi connectivity index (χ4n) is 2.02. The normalized spacial score (nSPS) is 10.5. The number of ketones is 1.